The molecule has 128 valence electrons. The fourth-order valence-electron chi connectivity index (χ4n) is 2.22. The molecule has 0 atom stereocenters. The first-order valence-electron chi connectivity index (χ1n) is 7.39. The number of benzene rings is 2. The van der Waals surface area contributed by atoms with Crippen molar-refractivity contribution in [3.8, 4) is 11.4 Å². The number of halogens is 2. The second kappa shape index (κ2) is 7.08. The van der Waals surface area contributed by atoms with Gasteiger partial charge in [0.15, 0.2) is 5.69 Å². The lowest BCUT2D eigenvalue weighted by atomic mass is 10.2. The highest BCUT2D eigenvalue weighted by Gasteiger charge is 2.18. The van der Waals surface area contributed by atoms with Crippen LogP contribution in [0.4, 0.5) is 14.5 Å². The van der Waals surface area contributed by atoms with Gasteiger partial charge < -0.3 is 10.1 Å². The Bertz CT molecular complexity index is 881. The van der Waals surface area contributed by atoms with Crippen molar-refractivity contribution in [3.05, 3.63) is 66.0 Å². The van der Waals surface area contributed by atoms with Gasteiger partial charge in [0.1, 0.15) is 5.75 Å². The zero-order chi connectivity index (χ0) is 17.8. The summed E-state index contributed by atoms with van der Waals surface area (Å²) in [5, 5.41) is 10.9. The number of aryl methyl sites for hydroxylation is 1. The summed E-state index contributed by atoms with van der Waals surface area (Å²) in [5.74, 6) is -0.691. The van der Waals surface area contributed by atoms with E-state index in [0.29, 0.717) is 11.4 Å². The Morgan fingerprint density at radius 3 is 2.48 bits per heavy atom. The number of amides is 1. The molecule has 0 saturated heterocycles. The minimum atomic E-state index is -2.99. The van der Waals surface area contributed by atoms with Crippen LogP contribution in [-0.2, 0) is 0 Å². The molecule has 1 aromatic heterocycles. The van der Waals surface area contributed by atoms with E-state index < -0.39 is 12.5 Å². The van der Waals surface area contributed by atoms with Gasteiger partial charge in [-0.2, -0.15) is 18.7 Å². The van der Waals surface area contributed by atoms with Gasteiger partial charge in [-0.25, -0.2) is 0 Å². The lowest BCUT2D eigenvalue weighted by Crippen LogP contribution is -2.15. The van der Waals surface area contributed by atoms with Crippen molar-refractivity contribution in [3.63, 3.8) is 0 Å². The fraction of sp³-hybridized carbons (Fsp3) is 0.118. The summed E-state index contributed by atoms with van der Waals surface area (Å²) < 4.78 is 29.3. The molecule has 6 nitrogen and oxygen atoms in total. The maximum absolute atomic E-state index is 12.5. The normalized spacial score (nSPS) is 10.7. The number of rotatable bonds is 5. The SMILES string of the molecule is Cc1nn(-c2ccccc2)nc1C(=O)Nc1ccccc1OC(F)F. The molecule has 1 amide bonds. The third-order valence-electron chi connectivity index (χ3n) is 3.34. The van der Waals surface area contributed by atoms with Crippen LogP contribution in [0.3, 0.4) is 0 Å². The van der Waals surface area contributed by atoms with E-state index in [-0.39, 0.29) is 17.1 Å². The third kappa shape index (κ3) is 3.79. The van der Waals surface area contributed by atoms with E-state index in [1.807, 2.05) is 18.2 Å². The molecule has 25 heavy (non-hydrogen) atoms. The quantitative estimate of drug-likeness (QED) is 0.770. The van der Waals surface area contributed by atoms with Gasteiger partial charge in [-0.05, 0) is 31.2 Å². The van der Waals surface area contributed by atoms with Gasteiger partial charge in [-0.3, -0.25) is 4.79 Å². The molecule has 3 rings (SSSR count). The molecule has 2 aromatic carbocycles. The van der Waals surface area contributed by atoms with Gasteiger partial charge in [-0.1, -0.05) is 30.3 Å². The first-order valence-corrected chi connectivity index (χ1v) is 7.39. The number of para-hydroxylation sites is 3. The number of aromatic nitrogens is 3. The topological polar surface area (TPSA) is 69.0 Å². The molecule has 0 aliphatic rings. The largest absolute Gasteiger partial charge is 0.433 e. The number of nitrogens with zero attached hydrogens (tertiary/aromatic N) is 3. The van der Waals surface area contributed by atoms with E-state index in [1.54, 1.807) is 25.1 Å². The van der Waals surface area contributed by atoms with Gasteiger partial charge in [0.2, 0.25) is 0 Å². The van der Waals surface area contributed by atoms with Crippen molar-refractivity contribution < 1.29 is 18.3 Å². The monoisotopic (exact) mass is 344 g/mol. The summed E-state index contributed by atoms with van der Waals surface area (Å²) in [7, 11) is 0. The molecule has 0 aliphatic carbocycles. The van der Waals surface area contributed by atoms with Crippen molar-refractivity contribution in [2.75, 3.05) is 5.32 Å². The molecule has 1 N–H and O–H groups in total. The number of nitrogens with one attached hydrogen (secondary N) is 1. The van der Waals surface area contributed by atoms with E-state index in [0.717, 1.165) is 0 Å². The number of ether oxygens (including phenoxy) is 1. The summed E-state index contributed by atoms with van der Waals surface area (Å²) in [5.41, 5.74) is 1.33. The van der Waals surface area contributed by atoms with Crippen LogP contribution in [0.15, 0.2) is 54.6 Å². The maximum Gasteiger partial charge on any atom is 0.387 e. The van der Waals surface area contributed by atoms with Crippen LogP contribution in [0.1, 0.15) is 16.2 Å². The van der Waals surface area contributed by atoms with E-state index >= 15 is 0 Å². The molecule has 0 spiro atoms. The Morgan fingerprint density at radius 1 is 1.08 bits per heavy atom. The summed E-state index contributed by atoms with van der Waals surface area (Å²) in [6, 6.07) is 15.0. The predicted octanol–water partition coefficient (Wildman–Crippen LogP) is 3.43. The molecule has 0 unspecified atom stereocenters. The lowest BCUT2D eigenvalue weighted by Gasteiger charge is -2.10. The Hall–Kier alpha value is -3.29. The van der Waals surface area contributed by atoms with Crippen LogP contribution in [0, 0.1) is 6.92 Å². The van der Waals surface area contributed by atoms with Crippen LogP contribution in [0.2, 0.25) is 0 Å². The lowest BCUT2D eigenvalue weighted by molar-refractivity contribution is -0.0493. The number of carbonyl (C=O) groups excluding carboxylic acids is 1. The number of carbonyl (C=O) groups is 1. The van der Waals surface area contributed by atoms with Crippen LogP contribution in [-0.4, -0.2) is 27.5 Å². The van der Waals surface area contributed by atoms with Gasteiger partial charge >= 0.3 is 6.61 Å². The predicted molar refractivity (Wildman–Crippen MR) is 87.1 cm³/mol. The van der Waals surface area contributed by atoms with E-state index in [1.165, 1.54) is 23.0 Å². The molecule has 0 fully saturated rings. The molecular weight excluding hydrogens is 330 g/mol. The fourth-order valence-corrected chi connectivity index (χ4v) is 2.22. The zero-order valence-corrected chi connectivity index (χ0v) is 13.2. The first-order chi connectivity index (χ1) is 12.0. The van der Waals surface area contributed by atoms with Crippen molar-refractivity contribution in [2.45, 2.75) is 13.5 Å². The maximum atomic E-state index is 12.5. The van der Waals surface area contributed by atoms with Crippen molar-refractivity contribution in [1.82, 2.24) is 15.0 Å². The van der Waals surface area contributed by atoms with Crippen molar-refractivity contribution in [2.24, 2.45) is 0 Å². The van der Waals surface area contributed by atoms with E-state index in [2.05, 4.69) is 20.3 Å². The second-order valence-electron chi connectivity index (χ2n) is 5.09. The van der Waals surface area contributed by atoms with Crippen molar-refractivity contribution in [1.29, 1.82) is 0 Å². The molecule has 8 heteroatoms. The molecular formula is C17H14F2N4O2. The Labute approximate surface area is 142 Å². The minimum Gasteiger partial charge on any atom is -0.433 e. The second-order valence-corrected chi connectivity index (χ2v) is 5.09. The Morgan fingerprint density at radius 2 is 1.76 bits per heavy atom. The summed E-state index contributed by atoms with van der Waals surface area (Å²) in [4.78, 5) is 13.8. The highest BCUT2D eigenvalue weighted by atomic mass is 19.3. The summed E-state index contributed by atoms with van der Waals surface area (Å²) in [6.07, 6.45) is 0. The summed E-state index contributed by atoms with van der Waals surface area (Å²) >= 11 is 0. The number of alkyl halides is 2. The van der Waals surface area contributed by atoms with Gasteiger partial charge in [0, 0.05) is 0 Å². The number of hydrogen-bond donors (Lipinski definition) is 1. The van der Waals surface area contributed by atoms with Crippen LogP contribution in [0.5, 0.6) is 5.75 Å². The van der Waals surface area contributed by atoms with Crippen molar-refractivity contribution >= 4 is 11.6 Å². The smallest absolute Gasteiger partial charge is 0.387 e. The summed E-state index contributed by atoms with van der Waals surface area (Å²) in [6.45, 7) is -1.35. The molecule has 1 heterocycles. The molecule has 0 aliphatic heterocycles. The van der Waals surface area contributed by atoms with Crippen LogP contribution in [0.25, 0.3) is 5.69 Å². The first kappa shape index (κ1) is 16.6. The average Bonchev–Trinajstić information content (AvgIpc) is 2.99. The van der Waals surface area contributed by atoms with Gasteiger partial charge in [-0.15, -0.1) is 5.10 Å². The van der Waals surface area contributed by atoms with Gasteiger partial charge in [0.25, 0.3) is 5.91 Å². The number of hydrogen-bond acceptors (Lipinski definition) is 4. The average molecular weight is 344 g/mol. The third-order valence-corrected chi connectivity index (χ3v) is 3.34. The van der Waals surface area contributed by atoms with E-state index in [9.17, 15) is 13.6 Å². The molecule has 0 saturated carbocycles. The minimum absolute atomic E-state index is 0.0932. The molecule has 0 radical (unpaired) electrons. The highest BCUT2D eigenvalue weighted by molar-refractivity contribution is 6.04. The Balaban J connectivity index is 1.84. The molecule has 3 aromatic rings. The number of anilines is 1. The van der Waals surface area contributed by atoms with Crippen LogP contribution >= 0.6 is 0 Å². The van der Waals surface area contributed by atoms with Crippen LogP contribution < -0.4 is 10.1 Å². The van der Waals surface area contributed by atoms with Gasteiger partial charge in [0.05, 0.1) is 17.1 Å². The van der Waals surface area contributed by atoms with E-state index in [4.69, 9.17) is 0 Å². The highest BCUT2D eigenvalue weighted by Crippen LogP contribution is 2.26. The zero-order valence-electron chi connectivity index (χ0n) is 13.2. The standard InChI is InChI=1S/C17H14F2N4O2/c1-11-15(22-23(21-11)12-7-3-2-4-8-12)16(24)20-13-9-5-6-10-14(13)25-17(18)19/h2-10,17H,1H3,(H,20,24). The Kier molecular flexibility index (Phi) is 4.69. The molecule has 0 bridgehead atoms.